The van der Waals surface area contributed by atoms with Crippen molar-refractivity contribution in [2.75, 3.05) is 0 Å². The number of hydrogen-bond acceptors (Lipinski definition) is 8. The topological polar surface area (TPSA) is 192 Å². The number of hydrogen-bond donors (Lipinski definition) is 0. The molecule has 4 aromatic rings. The van der Waals surface area contributed by atoms with Crippen LogP contribution in [0.25, 0.3) is 21.5 Å². The maximum Gasteiger partial charge on any atom is 0.206 e. The first kappa shape index (κ1) is 25.8. The van der Waals surface area contributed by atoms with Crippen LogP contribution >= 0.6 is 0 Å². The zero-order chi connectivity index (χ0) is 23.8. The van der Waals surface area contributed by atoms with E-state index >= 15 is 0 Å². The number of rotatable bonds is 3. The SMILES string of the molecule is [O-][Cl+3]([O-])([O-])[O-].[O-][Cl+3]([O-])([O-])[O-].c1ccc2c[n+](CC[n+]3ccc4ccccc4c3)ccc2c1. The molecule has 0 N–H and O–H groups in total. The monoisotopic (exact) mass is 484 g/mol. The summed E-state index contributed by atoms with van der Waals surface area (Å²) in [6.45, 7) is 1.93. The second-order valence-corrected chi connectivity index (χ2v) is 7.89. The molecule has 0 unspecified atom stereocenters. The fraction of sp³-hybridized carbons (Fsp3) is 0.100. The lowest BCUT2D eigenvalue weighted by Gasteiger charge is -2.17. The Morgan fingerprint density at radius 1 is 0.469 bits per heavy atom. The van der Waals surface area contributed by atoms with Crippen molar-refractivity contribution >= 4 is 21.5 Å². The van der Waals surface area contributed by atoms with Gasteiger partial charge in [0.15, 0.2) is 24.8 Å². The van der Waals surface area contributed by atoms with Crippen LogP contribution in [0.5, 0.6) is 0 Å². The summed E-state index contributed by atoms with van der Waals surface area (Å²) in [7, 11) is -9.89. The Labute approximate surface area is 187 Å². The quantitative estimate of drug-likeness (QED) is 0.256. The molecule has 4 rings (SSSR count). The summed E-state index contributed by atoms with van der Waals surface area (Å²) in [5.74, 6) is 0. The minimum absolute atomic E-state index is 0.966. The van der Waals surface area contributed by atoms with Gasteiger partial charge in [0.25, 0.3) is 0 Å². The molecule has 10 nitrogen and oxygen atoms in total. The van der Waals surface area contributed by atoms with Crippen molar-refractivity contribution in [1.82, 2.24) is 0 Å². The van der Waals surface area contributed by atoms with Crippen LogP contribution in [-0.4, -0.2) is 0 Å². The molecule has 0 bridgehead atoms. The smallest absolute Gasteiger partial charge is 0.206 e. The third-order valence-electron chi connectivity index (χ3n) is 4.11. The molecule has 0 fully saturated rings. The van der Waals surface area contributed by atoms with Gasteiger partial charge in [-0.1, -0.05) is 36.4 Å². The number of aromatic nitrogens is 2. The molecule has 0 amide bonds. The van der Waals surface area contributed by atoms with E-state index in [0.717, 1.165) is 13.1 Å². The summed E-state index contributed by atoms with van der Waals surface area (Å²) < 4.78 is 72.5. The highest BCUT2D eigenvalue weighted by Crippen LogP contribution is 2.10. The lowest BCUT2D eigenvalue weighted by Crippen LogP contribution is -2.68. The molecule has 0 aliphatic rings. The van der Waals surface area contributed by atoms with E-state index < -0.39 is 20.5 Å². The van der Waals surface area contributed by atoms with Gasteiger partial charge in [0.05, 0.1) is 0 Å². The maximum absolute atomic E-state index is 8.49. The van der Waals surface area contributed by atoms with E-state index in [0.29, 0.717) is 0 Å². The van der Waals surface area contributed by atoms with Crippen molar-refractivity contribution in [1.29, 1.82) is 0 Å². The Morgan fingerprint density at radius 3 is 1.06 bits per heavy atom. The molecule has 2 aromatic heterocycles. The summed E-state index contributed by atoms with van der Waals surface area (Å²) in [6.07, 6.45) is 8.75. The van der Waals surface area contributed by atoms with Gasteiger partial charge >= 0.3 is 0 Å². The summed E-state index contributed by atoms with van der Waals surface area (Å²) in [4.78, 5) is 0. The van der Waals surface area contributed by atoms with Crippen molar-refractivity contribution in [2.24, 2.45) is 0 Å². The molecular weight excluding hydrogens is 467 g/mol. The van der Waals surface area contributed by atoms with Crippen molar-refractivity contribution < 1.29 is 66.9 Å². The van der Waals surface area contributed by atoms with Gasteiger partial charge < -0.3 is 0 Å². The van der Waals surface area contributed by atoms with Gasteiger partial charge in [-0.3, -0.25) is 0 Å². The van der Waals surface area contributed by atoms with Crippen LogP contribution in [0.2, 0.25) is 0 Å². The molecule has 170 valence electrons. The van der Waals surface area contributed by atoms with Gasteiger partial charge in [0.2, 0.25) is 13.1 Å². The van der Waals surface area contributed by atoms with Crippen molar-refractivity contribution in [2.45, 2.75) is 13.1 Å². The molecule has 2 heterocycles. The lowest BCUT2D eigenvalue weighted by atomic mass is 10.2. The highest BCUT2D eigenvalue weighted by atomic mass is 35.7. The van der Waals surface area contributed by atoms with Gasteiger partial charge in [-0.05, 0) is 22.9 Å². The largest absolute Gasteiger partial charge is 0.222 e. The number of fused-ring (bicyclic) bond motifs is 2. The second-order valence-electron chi connectivity index (χ2n) is 6.38. The van der Waals surface area contributed by atoms with Crippen molar-refractivity contribution in [3.63, 3.8) is 0 Å². The zero-order valence-electron chi connectivity index (χ0n) is 16.4. The normalized spacial score (nSPS) is 11.4. The first-order valence-electron chi connectivity index (χ1n) is 8.88. The predicted molar refractivity (Wildman–Crippen MR) is 88.3 cm³/mol. The van der Waals surface area contributed by atoms with Crippen molar-refractivity contribution in [3.05, 3.63) is 85.5 Å². The first-order valence-corrected chi connectivity index (χ1v) is 11.3. The van der Waals surface area contributed by atoms with Gasteiger partial charge in [-0.2, -0.15) is 9.13 Å². The molecule has 0 atom stereocenters. The highest BCUT2D eigenvalue weighted by molar-refractivity contribution is 5.80. The molecule has 0 radical (unpaired) electrons. The predicted octanol–water partition coefficient (Wildman–Crippen LogP) is -6.24. The molecule has 0 spiro atoms. The second kappa shape index (κ2) is 11.4. The Balaban J connectivity index is 0.000000308. The number of aryl methyl sites for hydroxylation is 2. The fourth-order valence-electron chi connectivity index (χ4n) is 2.87. The van der Waals surface area contributed by atoms with Crippen molar-refractivity contribution in [3.8, 4) is 0 Å². The van der Waals surface area contributed by atoms with Crippen LogP contribution in [-0.2, 0) is 13.1 Å². The van der Waals surface area contributed by atoms with E-state index in [1.165, 1.54) is 21.5 Å². The van der Waals surface area contributed by atoms with Crippen LogP contribution in [0.1, 0.15) is 0 Å². The van der Waals surface area contributed by atoms with Gasteiger partial charge in [0.1, 0.15) is 0 Å². The number of nitrogens with zero attached hydrogens (tertiary/aromatic N) is 2. The van der Waals surface area contributed by atoms with Crippen LogP contribution in [0, 0.1) is 20.5 Å². The average Bonchev–Trinajstić information content (AvgIpc) is 2.69. The Hall–Kier alpha value is -2.48. The Kier molecular flexibility index (Phi) is 9.19. The third kappa shape index (κ3) is 10.7. The number of pyridine rings is 2. The highest BCUT2D eigenvalue weighted by Gasteiger charge is 2.08. The van der Waals surface area contributed by atoms with E-state index in [2.05, 4.69) is 94.6 Å². The van der Waals surface area contributed by atoms with Gasteiger partial charge in [-0.25, -0.2) is 37.3 Å². The van der Waals surface area contributed by atoms with E-state index in [1.54, 1.807) is 0 Å². The Morgan fingerprint density at radius 2 is 0.750 bits per heavy atom. The van der Waals surface area contributed by atoms with Crippen LogP contribution < -0.4 is 46.4 Å². The molecule has 0 saturated carbocycles. The lowest BCUT2D eigenvalue weighted by molar-refractivity contribution is -2.00. The van der Waals surface area contributed by atoms with Gasteiger partial charge in [-0.15, -0.1) is 20.5 Å². The minimum atomic E-state index is -4.94. The number of benzene rings is 2. The van der Waals surface area contributed by atoms with E-state index in [1.807, 2.05) is 0 Å². The van der Waals surface area contributed by atoms with Crippen LogP contribution in [0.15, 0.2) is 85.5 Å². The van der Waals surface area contributed by atoms with E-state index in [-0.39, 0.29) is 0 Å². The summed E-state index contributed by atoms with van der Waals surface area (Å²) in [5, 5.41) is 5.15. The molecule has 32 heavy (non-hydrogen) atoms. The fourth-order valence-corrected chi connectivity index (χ4v) is 2.87. The van der Waals surface area contributed by atoms with E-state index in [9.17, 15) is 0 Å². The molecule has 0 saturated heterocycles. The minimum Gasteiger partial charge on any atom is -0.222 e. The van der Waals surface area contributed by atoms with Gasteiger partial charge in [0, 0.05) is 22.9 Å². The third-order valence-corrected chi connectivity index (χ3v) is 4.11. The first-order chi connectivity index (χ1) is 14.9. The standard InChI is InChI=1S/C20H18N2.2ClHO4/c1-3-7-19-15-21(11-9-17(19)5-1)13-14-22-12-10-18-6-2-4-8-20(18)16-22;2*2-1(3,4)5/h1-12,15-16H,13-14H2;2*(H,2,3,4,5)/q+2;;/p-2. The average molecular weight is 485 g/mol. The number of halogens is 2. The maximum atomic E-state index is 8.49. The van der Waals surface area contributed by atoms with E-state index in [4.69, 9.17) is 37.3 Å². The molecule has 2 aromatic carbocycles. The summed E-state index contributed by atoms with van der Waals surface area (Å²) >= 11 is 0. The zero-order valence-corrected chi connectivity index (χ0v) is 17.9. The molecule has 12 heteroatoms. The molecular formula is C20H18Cl2N2O8. The van der Waals surface area contributed by atoms with Crippen LogP contribution in [0.3, 0.4) is 0 Å². The Bertz CT molecular complexity index is 1050. The molecule has 0 aliphatic carbocycles. The molecule has 0 aliphatic heterocycles. The summed E-state index contributed by atoms with van der Waals surface area (Å²) in [6, 6.07) is 21.3. The summed E-state index contributed by atoms with van der Waals surface area (Å²) in [5.41, 5.74) is 0. The van der Waals surface area contributed by atoms with Crippen LogP contribution in [0.4, 0.5) is 0 Å².